The van der Waals surface area contributed by atoms with E-state index in [1.165, 1.54) is 13.0 Å². The van der Waals surface area contributed by atoms with Gasteiger partial charge in [-0.3, -0.25) is 14.4 Å². The second-order valence-electron chi connectivity index (χ2n) is 5.87. The van der Waals surface area contributed by atoms with Gasteiger partial charge in [0, 0.05) is 11.3 Å². The van der Waals surface area contributed by atoms with E-state index in [1.54, 1.807) is 36.4 Å². The second kappa shape index (κ2) is 9.15. The molecule has 0 aromatic heterocycles. The molecule has 2 aromatic carbocycles. The monoisotopic (exact) mass is 365 g/mol. The lowest BCUT2D eigenvalue weighted by molar-refractivity contribution is -0.152. The summed E-state index contributed by atoms with van der Waals surface area (Å²) >= 11 is 0. The lowest BCUT2D eigenvalue weighted by Crippen LogP contribution is -2.35. The van der Waals surface area contributed by atoms with Gasteiger partial charge in [-0.2, -0.15) is 5.26 Å². The smallest absolute Gasteiger partial charge is 0.326 e. The van der Waals surface area contributed by atoms with Crippen LogP contribution in [0.3, 0.4) is 0 Å². The molecule has 2 N–H and O–H groups in total. The quantitative estimate of drug-likeness (QED) is 0.763. The Morgan fingerprint density at radius 3 is 2.59 bits per heavy atom. The summed E-state index contributed by atoms with van der Waals surface area (Å²) in [6.45, 7) is 2.93. The molecule has 0 spiro atoms. The van der Waals surface area contributed by atoms with Crippen LogP contribution in [0.5, 0.6) is 0 Å². The molecular formula is C20H19N3O4. The van der Waals surface area contributed by atoms with Crippen molar-refractivity contribution in [2.45, 2.75) is 20.0 Å². The molecule has 7 nitrogen and oxygen atoms in total. The molecule has 7 heteroatoms. The minimum Gasteiger partial charge on any atom is -0.451 e. The summed E-state index contributed by atoms with van der Waals surface area (Å²) in [6, 6.07) is 15.3. The van der Waals surface area contributed by atoms with Gasteiger partial charge in [0.25, 0.3) is 11.8 Å². The molecule has 1 atom stereocenters. The molecule has 0 heterocycles. The first-order chi connectivity index (χ1) is 12.9. The van der Waals surface area contributed by atoms with E-state index in [0.29, 0.717) is 16.8 Å². The van der Waals surface area contributed by atoms with Crippen LogP contribution in [0.1, 0.15) is 28.4 Å². The Balaban J connectivity index is 1.83. The van der Waals surface area contributed by atoms with Gasteiger partial charge in [0.05, 0.1) is 11.6 Å². The number of carbonyl (C=O) groups is 3. The summed E-state index contributed by atoms with van der Waals surface area (Å²) < 4.78 is 5.02. The number of ether oxygens (including phenoxy) is 1. The van der Waals surface area contributed by atoms with Crippen LogP contribution < -0.4 is 10.6 Å². The molecule has 0 radical (unpaired) electrons. The molecule has 0 aliphatic heterocycles. The average Bonchev–Trinajstić information content (AvgIpc) is 2.66. The van der Waals surface area contributed by atoms with Crippen LogP contribution >= 0.6 is 0 Å². The number of amides is 2. The van der Waals surface area contributed by atoms with Crippen molar-refractivity contribution in [3.05, 3.63) is 65.2 Å². The maximum absolute atomic E-state index is 12.1. The molecule has 2 aromatic rings. The van der Waals surface area contributed by atoms with Gasteiger partial charge in [-0.1, -0.05) is 23.8 Å². The van der Waals surface area contributed by atoms with Gasteiger partial charge in [0.15, 0.2) is 6.10 Å². The lowest BCUT2D eigenvalue weighted by Gasteiger charge is -2.14. The summed E-state index contributed by atoms with van der Waals surface area (Å²) in [5.41, 5.74) is 2.19. The number of nitriles is 1. The molecule has 0 aliphatic carbocycles. The first kappa shape index (κ1) is 19.7. The Morgan fingerprint density at radius 1 is 1.15 bits per heavy atom. The molecule has 0 aliphatic rings. The van der Waals surface area contributed by atoms with Gasteiger partial charge in [-0.15, -0.1) is 0 Å². The normalized spacial score (nSPS) is 11.0. The fraction of sp³-hybridized carbons (Fsp3) is 0.200. The molecule has 27 heavy (non-hydrogen) atoms. The number of nitrogens with one attached hydrogen (secondary N) is 2. The number of nitrogens with zero attached hydrogens (tertiary/aromatic N) is 1. The number of hydrogen-bond acceptors (Lipinski definition) is 5. The van der Waals surface area contributed by atoms with Crippen molar-refractivity contribution >= 4 is 23.5 Å². The fourth-order valence-corrected chi connectivity index (χ4v) is 2.24. The third-order valence-electron chi connectivity index (χ3n) is 3.61. The Hall–Kier alpha value is -3.66. The van der Waals surface area contributed by atoms with Crippen molar-refractivity contribution in [2.24, 2.45) is 0 Å². The Labute approximate surface area is 156 Å². The van der Waals surface area contributed by atoms with Crippen molar-refractivity contribution in [1.82, 2.24) is 5.32 Å². The van der Waals surface area contributed by atoms with Crippen LogP contribution in [0.2, 0.25) is 0 Å². The van der Waals surface area contributed by atoms with Crippen LogP contribution in [-0.2, 0) is 14.3 Å². The van der Waals surface area contributed by atoms with Gasteiger partial charge >= 0.3 is 5.97 Å². The van der Waals surface area contributed by atoms with E-state index >= 15 is 0 Å². The molecule has 2 amide bonds. The van der Waals surface area contributed by atoms with E-state index in [0.717, 1.165) is 5.56 Å². The number of hydrogen-bond donors (Lipinski definition) is 2. The number of carbonyl (C=O) groups excluding carboxylic acids is 3. The largest absolute Gasteiger partial charge is 0.451 e. The van der Waals surface area contributed by atoms with Crippen molar-refractivity contribution < 1.29 is 19.1 Å². The molecule has 0 saturated carbocycles. The zero-order valence-corrected chi connectivity index (χ0v) is 15.0. The number of aryl methyl sites for hydroxylation is 1. The van der Waals surface area contributed by atoms with Gasteiger partial charge < -0.3 is 15.4 Å². The van der Waals surface area contributed by atoms with Crippen molar-refractivity contribution in [3.8, 4) is 6.07 Å². The molecule has 138 valence electrons. The van der Waals surface area contributed by atoms with E-state index in [9.17, 15) is 14.4 Å². The van der Waals surface area contributed by atoms with Crippen molar-refractivity contribution in [1.29, 1.82) is 5.26 Å². The highest BCUT2D eigenvalue weighted by atomic mass is 16.5. The third kappa shape index (κ3) is 5.97. The van der Waals surface area contributed by atoms with Crippen LogP contribution in [0, 0.1) is 18.3 Å². The predicted octanol–water partition coefficient (Wildman–Crippen LogP) is 2.17. The first-order valence-electron chi connectivity index (χ1n) is 8.24. The van der Waals surface area contributed by atoms with Crippen LogP contribution in [-0.4, -0.2) is 30.4 Å². The van der Waals surface area contributed by atoms with E-state index in [-0.39, 0.29) is 6.54 Å². The standard InChI is InChI=1S/C20H19N3O4/c1-13-5-3-7-16(9-13)20(26)22-12-18(24)27-14(2)19(25)23-17-8-4-6-15(10-17)11-21/h3-10,14H,12H2,1-2H3,(H,22,26)(H,23,25). The highest BCUT2D eigenvalue weighted by Gasteiger charge is 2.18. The highest BCUT2D eigenvalue weighted by molar-refractivity contribution is 5.97. The highest BCUT2D eigenvalue weighted by Crippen LogP contribution is 2.10. The fourth-order valence-electron chi connectivity index (χ4n) is 2.24. The zero-order chi connectivity index (χ0) is 19.8. The van der Waals surface area contributed by atoms with E-state index < -0.39 is 23.9 Å². The van der Waals surface area contributed by atoms with Crippen molar-refractivity contribution in [2.75, 3.05) is 11.9 Å². The van der Waals surface area contributed by atoms with Crippen LogP contribution in [0.25, 0.3) is 0 Å². The number of anilines is 1. The Kier molecular flexibility index (Phi) is 6.67. The topological polar surface area (TPSA) is 108 Å². The predicted molar refractivity (Wildman–Crippen MR) is 98.9 cm³/mol. The Bertz CT molecular complexity index is 902. The van der Waals surface area contributed by atoms with Crippen LogP contribution in [0.15, 0.2) is 48.5 Å². The SMILES string of the molecule is Cc1cccc(C(=O)NCC(=O)OC(C)C(=O)Nc2cccc(C#N)c2)c1. The summed E-state index contributed by atoms with van der Waals surface area (Å²) in [6.07, 6.45) is -1.06. The van der Waals surface area contributed by atoms with Crippen molar-refractivity contribution in [3.63, 3.8) is 0 Å². The first-order valence-corrected chi connectivity index (χ1v) is 8.24. The van der Waals surface area contributed by atoms with Crippen LogP contribution in [0.4, 0.5) is 5.69 Å². The van der Waals surface area contributed by atoms with Gasteiger partial charge in [-0.05, 0) is 44.2 Å². The number of esters is 1. The maximum Gasteiger partial charge on any atom is 0.326 e. The number of benzene rings is 2. The van der Waals surface area contributed by atoms with E-state index in [4.69, 9.17) is 10.00 Å². The number of rotatable bonds is 6. The minimum atomic E-state index is -1.06. The molecule has 2 rings (SSSR count). The molecule has 0 bridgehead atoms. The summed E-state index contributed by atoms with van der Waals surface area (Å²) in [5.74, 6) is -1.67. The maximum atomic E-state index is 12.1. The molecule has 1 unspecified atom stereocenters. The van der Waals surface area contributed by atoms with Gasteiger partial charge in [0.2, 0.25) is 0 Å². The van der Waals surface area contributed by atoms with E-state index in [2.05, 4.69) is 10.6 Å². The minimum absolute atomic E-state index is 0.353. The zero-order valence-electron chi connectivity index (χ0n) is 15.0. The van der Waals surface area contributed by atoms with E-state index in [1.807, 2.05) is 19.1 Å². The van der Waals surface area contributed by atoms with Gasteiger partial charge in [0.1, 0.15) is 6.54 Å². The summed E-state index contributed by atoms with van der Waals surface area (Å²) in [4.78, 5) is 35.9. The van der Waals surface area contributed by atoms with Gasteiger partial charge in [-0.25, -0.2) is 0 Å². The summed E-state index contributed by atoms with van der Waals surface area (Å²) in [7, 11) is 0. The lowest BCUT2D eigenvalue weighted by atomic mass is 10.1. The average molecular weight is 365 g/mol. The molecule has 0 fully saturated rings. The third-order valence-corrected chi connectivity index (χ3v) is 3.61. The molecule has 0 saturated heterocycles. The summed E-state index contributed by atoms with van der Waals surface area (Å²) in [5, 5.41) is 13.9. The molecular weight excluding hydrogens is 346 g/mol. The Morgan fingerprint density at radius 2 is 1.89 bits per heavy atom. The second-order valence-corrected chi connectivity index (χ2v) is 5.87.